The predicted octanol–water partition coefficient (Wildman–Crippen LogP) is 4.90. The Morgan fingerprint density at radius 2 is 2.08 bits per heavy atom. The van der Waals surface area contributed by atoms with Gasteiger partial charge in [0.05, 0.1) is 12.6 Å². The number of hydrogen-bond acceptors (Lipinski definition) is 3. The van der Waals surface area contributed by atoms with E-state index in [0.29, 0.717) is 6.54 Å². The normalized spacial score (nSPS) is 12.4. The number of aryl methyl sites for hydroxylation is 1. The van der Waals surface area contributed by atoms with Crippen molar-refractivity contribution < 1.29 is 0 Å². The molecule has 1 heterocycles. The van der Waals surface area contributed by atoms with Crippen LogP contribution in [0.25, 0.3) is 0 Å². The molecule has 0 amide bonds. The van der Waals surface area contributed by atoms with Gasteiger partial charge in [-0.05, 0) is 31.9 Å². The Balaban J connectivity index is 0.00000288. The highest BCUT2D eigenvalue weighted by Gasteiger charge is 2.10. The summed E-state index contributed by atoms with van der Waals surface area (Å²) >= 11 is 5.33. The second-order valence-corrected chi connectivity index (χ2v) is 7.21. The molecule has 2 aromatic rings. The van der Waals surface area contributed by atoms with Gasteiger partial charge in [0.15, 0.2) is 5.96 Å². The maximum absolute atomic E-state index is 4.65. The van der Waals surface area contributed by atoms with E-state index in [-0.39, 0.29) is 30.0 Å². The maximum Gasteiger partial charge on any atom is 0.192 e. The Labute approximate surface area is 173 Å². The van der Waals surface area contributed by atoms with Gasteiger partial charge in [-0.2, -0.15) is 0 Å². The van der Waals surface area contributed by atoms with Crippen LogP contribution in [0, 0.1) is 0 Å². The first-order valence-corrected chi connectivity index (χ1v) is 9.47. The number of aromatic nitrogens is 1. The molecule has 1 atom stereocenters. The summed E-state index contributed by atoms with van der Waals surface area (Å²) in [7, 11) is 0. The fraction of sp³-hybridized carbons (Fsp3) is 0.412. The van der Waals surface area contributed by atoms with Crippen LogP contribution < -0.4 is 10.6 Å². The van der Waals surface area contributed by atoms with Crippen LogP contribution in [0.2, 0.25) is 0 Å². The second kappa shape index (κ2) is 11.0. The molecule has 0 radical (unpaired) electrons. The van der Waals surface area contributed by atoms with E-state index in [2.05, 4.69) is 69.4 Å². The molecule has 4 nitrogen and oxygen atoms in total. The molecule has 0 aliphatic heterocycles. The number of thiazole rings is 1. The van der Waals surface area contributed by atoms with Gasteiger partial charge in [-0.15, -0.1) is 35.3 Å². The molecule has 7 heteroatoms. The van der Waals surface area contributed by atoms with Gasteiger partial charge >= 0.3 is 0 Å². The first-order chi connectivity index (χ1) is 11.1. The van der Waals surface area contributed by atoms with Crippen molar-refractivity contribution in [2.24, 2.45) is 4.99 Å². The smallest absolute Gasteiger partial charge is 0.192 e. The molecule has 0 aliphatic rings. The molecule has 24 heavy (non-hydrogen) atoms. The molecular formula is C17H24BrIN4S. The molecule has 132 valence electrons. The summed E-state index contributed by atoms with van der Waals surface area (Å²) in [6.45, 7) is 7.77. The lowest BCUT2D eigenvalue weighted by Gasteiger charge is -2.19. The van der Waals surface area contributed by atoms with E-state index < -0.39 is 0 Å². The molecule has 0 aliphatic carbocycles. The van der Waals surface area contributed by atoms with Gasteiger partial charge in [0, 0.05) is 22.1 Å². The van der Waals surface area contributed by atoms with Crippen LogP contribution in [0.15, 0.2) is 39.9 Å². The Morgan fingerprint density at radius 1 is 1.33 bits per heavy atom. The van der Waals surface area contributed by atoms with Gasteiger partial charge in [0.1, 0.15) is 5.01 Å². The van der Waals surface area contributed by atoms with Crippen molar-refractivity contribution in [1.82, 2.24) is 15.6 Å². The topological polar surface area (TPSA) is 49.3 Å². The Bertz CT molecular complexity index is 660. The summed E-state index contributed by atoms with van der Waals surface area (Å²) in [5.41, 5.74) is 1.21. The number of guanidine groups is 1. The van der Waals surface area contributed by atoms with Gasteiger partial charge in [-0.3, -0.25) is 0 Å². The fourth-order valence-electron chi connectivity index (χ4n) is 2.16. The van der Waals surface area contributed by atoms with Crippen LogP contribution in [-0.2, 0) is 13.0 Å². The summed E-state index contributed by atoms with van der Waals surface area (Å²) in [5.74, 6) is 0.809. The highest BCUT2D eigenvalue weighted by molar-refractivity contribution is 14.0. The quantitative estimate of drug-likeness (QED) is 0.322. The average Bonchev–Trinajstić information content (AvgIpc) is 3.01. The number of nitrogens with zero attached hydrogens (tertiary/aromatic N) is 2. The Morgan fingerprint density at radius 3 is 2.71 bits per heavy atom. The molecule has 0 saturated carbocycles. The van der Waals surface area contributed by atoms with Crippen molar-refractivity contribution in [3.63, 3.8) is 0 Å². The molecule has 1 unspecified atom stereocenters. The zero-order valence-electron chi connectivity index (χ0n) is 14.2. The summed E-state index contributed by atoms with van der Waals surface area (Å²) in [6.07, 6.45) is 2.97. The highest BCUT2D eigenvalue weighted by Crippen LogP contribution is 2.22. The number of benzene rings is 1. The van der Waals surface area contributed by atoms with Gasteiger partial charge in [-0.1, -0.05) is 41.1 Å². The van der Waals surface area contributed by atoms with Crippen molar-refractivity contribution in [2.75, 3.05) is 6.54 Å². The van der Waals surface area contributed by atoms with E-state index in [9.17, 15) is 0 Å². The highest BCUT2D eigenvalue weighted by atomic mass is 127. The first-order valence-electron chi connectivity index (χ1n) is 7.86. The number of rotatable bonds is 6. The minimum atomic E-state index is 0. The molecule has 2 N–H and O–H groups in total. The van der Waals surface area contributed by atoms with Crippen molar-refractivity contribution in [3.8, 4) is 0 Å². The third-order valence-electron chi connectivity index (χ3n) is 3.39. The molecule has 1 aromatic heterocycles. The van der Waals surface area contributed by atoms with Gasteiger partial charge in [0.2, 0.25) is 0 Å². The van der Waals surface area contributed by atoms with Crippen molar-refractivity contribution >= 4 is 57.2 Å². The fourth-order valence-corrected chi connectivity index (χ4v) is 3.58. The van der Waals surface area contributed by atoms with Gasteiger partial charge in [0.25, 0.3) is 0 Å². The minimum absolute atomic E-state index is 0. The minimum Gasteiger partial charge on any atom is -0.357 e. The summed E-state index contributed by atoms with van der Waals surface area (Å²) in [5, 5.41) is 7.79. The SMILES string of the molecule is CCNC(=NCc1ncc(CC)s1)NC(C)c1ccccc1Br.I. The van der Waals surface area contributed by atoms with Crippen molar-refractivity contribution in [2.45, 2.75) is 39.8 Å². The molecular weight excluding hydrogens is 499 g/mol. The van der Waals surface area contributed by atoms with Crippen LogP contribution in [0.1, 0.15) is 42.3 Å². The molecule has 0 bridgehead atoms. The van der Waals surface area contributed by atoms with Crippen LogP contribution in [0.3, 0.4) is 0 Å². The van der Waals surface area contributed by atoms with Crippen LogP contribution in [0.4, 0.5) is 0 Å². The maximum atomic E-state index is 4.65. The van der Waals surface area contributed by atoms with Crippen molar-refractivity contribution in [3.05, 3.63) is 50.4 Å². The summed E-state index contributed by atoms with van der Waals surface area (Å²) < 4.78 is 1.10. The van der Waals surface area contributed by atoms with E-state index >= 15 is 0 Å². The summed E-state index contributed by atoms with van der Waals surface area (Å²) in [6, 6.07) is 8.39. The third kappa shape index (κ3) is 6.33. The predicted molar refractivity (Wildman–Crippen MR) is 117 cm³/mol. The van der Waals surface area contributed by atoms with E-state index in [4.69, 9.17) is 0 Å². The van der Waals surface area contributed by atoms with Crippen molar-refractivity contribution in [1.29, 1.82) is 0 Å². The monoisotopic (exact) mass is 522 g/mol. The van der Waals surface area contributed by atoms with E-state index in [1.165, 1.54) is 10.4 Å². The second-order valence-electron chi connectivity index (χ2n) is 5.16. The Hall–Kier alpha value is -0.670. The Kier molecular flexibility index (Phi) is 9.84. The lowest BCUT2D eigenvalue weighted by Crippen LogP contribution is -2.38. The van der Waals surface area contributed by atoms with E-state index in [1.54, 1.807) is 11.3 Å². The lowest BCUT2D eigenvalue weighted by atomic mass is 10.1. The number of nitrogens with one attached hydrogen (secondary N) is 2. The standard InChI is InChI=1S/C17H23BrN4S.HI/c1-4-13-10-20-16(23-13)11-21-17(19-5-2)22-12(3)14-8-6-7-9-15(14)18;/h6-10,12H,4-5,11H2,1-3H3,(H2,19,21,22);1H. The molecule has 0 saturated heterocycles. The molecule has 0 spiro atoms. The number of hydrogen-bond donors (Lipinski definition) is 2. The average molecular weight is 523 g/mol. The van der Waals surface area contributed by atoms with Crippen LogP contribution >= 0.6 is 51.2 Å². The van der Waals surface area contributed by atoms with E-state index in [1.807, 2.05) is 18.3 Å². The zero-order chi connectivity index (χ0) is 16.7. The van der Waals surface area contributed by atoms with Gasteiger partial charge in [-0.25, -0.2) is 9.98 Å². The third-order valence-corrected chi connectivity index (χ3v) is 5.24. The van der Waals surface area contributed by atoms with E-state index in [0.717, 1.165) is 28.4 Å². The molecule has 2 rings (SSSR count). The summed E-state index contributed by atoms with van der Waals surface area (Å²) in [4.78, 5) is 10.4. The van der Waals surface area contributed by atoms with Crippen LogP contribution in [-0.4, -0.2) is 17.5 Å². The van der Waals surface area contributed by atoms with Gasteiger partial charge < -0.3 is 10.6 Å². The van der Waals surface area contributed by atoms with Crippen LogP contribution in [0.5, 0.6) is 0 Å². The molecule has 1 aromatic carbocycles. The first kappa shape index (κ1) is 21.4. The molecule has 0 fully saturated rings. The number of halogens is 2. The number of aliphatic imine (C=N–C) groups is 1. The zero-order valence-corrected chi connectivity index (χ0v) is 18.9. The largest absolute Gasteiger partial charge is 0.357 e. The lowest BCUT2D eigenvalue weighted by molar-refractivity contribution is 0.683.